The number of aliphatic hydroxyl groups is 1. The second-order valence-corrected chi connectivity index (χ2v) is 6.69. The van der Waals surface area contributed by atoms with Gasteiger partial charge >= 0.3 is 0 Å². The molecule has 0 radical (unpaired) electrons. The zero-order valence-corrected chi connectivity index (χ0v) is 14.5. The van der Waals surface area contributed by atoms with Gasteiger partial charge in [0.2, 0.25) is 0 Å². The molecule has 0 aromatic carbocycles. The van der Waals surface area contributed by atoms with E-state index in [1.165, 1.54) is 5.01 Å². The summed E-state index contributed by atoms with van der Waals surface area (Å²) in [5, 5.41) is 19.7. The monoisotopic (exact) mass is 324 g/mol. The molecule has 5 nitrogen and oxygen atoms in total. The standard InChI is InChI=1S/C16H28N4OS/c1-3-15-19-13(11-22-15)9-10-18-16(17-4-2)20-12-5-7-14(21)8-6-12/h11-12,14,21H,3-10H2,1-2H3,(H2,17,18,20). The van der Waals surface area contributed by atoms with E-state index in [1.807, 2.05) is 0 Å². The average Bonchev–Trinajstić information content (AvgIpc) is 2.98. The van der Waals surface area contributed by atoms with E-state index >= 15 is 0 Å². The van der Waals surface area contributed by atoms with E-state index in [-0.39, 0.29) is 6.10 Å². The zero-order chi connectivity index (χ0) is 15.8. The number of aryl methyl sites for hydroxylation is 1. The van der Waals surface area contributed by atoms with Gasteiger partial charge in [0, 0.05) is 30.9 Å². The number of nitrogens with zero attached hydrogens (tertiary/aromatic N) is 2. The van der Waals surface area contributed by atoms with E-state index in [0.29, 0.717) is 6.04 Å². The van der Waals surface area contributed by atoms with Crippen LogP contribution in [0.3, 0.4) is 0 Å². The van der Waals surface area contributed by atoms with Crippen molar-refractivity contribution in [1.29, 1.82) is 0 Å². The molecule has 2 rings (SSSR count). The fourth-order valence-corrected chi connectivity index (χ4v) is 3.42. The number of aliphatic hydroxyl groups excluding tert-OH is 1. The molecule has 1 aliphatic carbocycles. The summed E-state index contributed by atoms with van der Waals surface area (Å²) in [7, 11) is 0. The number of guanidine groups is 1. The molecule has 0 atom stereocenters. The smallest absolute Gasteiger partial charge is 0.191 e. The van der Waals surface area contributed by atoms with Crippen LogP contribution in [0.1, 0.15) is 50.2 Å². The van der Waals surface area contributed by atoms with Gasteiger partial charge in [-0.3, -0.25) is 4.99 Å². The molecular formula is C16H28N4OS. The van der Waals surface area contributed by atoms with Crippen LogP contribution in [0.15, 0.2) is 10.4 Å². The molecule has 1 aromatic rings. The highest BCUT2D eigenvalue weighted by molar-refractivity contribution is 7.09. The first-order valence-corrected chi connectivity index (χ1v) is 9.25. The molecule has 1 aromatic heterocycles. The SMILES string of the molecule is CCNC(=NCCc1csc(CC)n1)NC1CCC(O)CC1. The van der Waals surface area contributed by atoms with Gasteiger partial charge in [-0.25, -0.2) is 4.98 Å². The predicted molar refractivity (Wildman–Crippen MR) is 92.6 cm³/mol. The highest BCUT2D eigenvalue weighted by Gasteiger charge is 2.19. The molecule has 0 spiro atoms. The van der Waals surface area contributed by atoms with Gasteiger partial charge in [-0.15, -0.1) is 11.3 Å². The summed E-state index contributed by atoms with van der Waals surface area (Å²) in [4.78, 5) is 9.23. The van der Waals surface area contributed by atoms with E-state index in [9.17, 15) is 5.11 Å². The van der Waals surface area contributed by atoms with Crippen LogP contribution in [-0.4, -0.2) is 41.3 Å². The lowest BCUT2D eigenvalue weighted by Crippen LogP contribution is -2.45. The molecule has 0 aliphatic heterocycles. The molecule has 0 saturated heterocycles. The quantitative estimate of drug-likeness (QED) is 0.554. The Bertz CT molecular complexity index is 466. The maximum atomic E-state index is 9.57. The second kappa shape index (κ2) is 9.10. The third kappa shape index (κ3) is 5.57. The minimum absolute atomic E-state index is 0.116. The fourth-order valence-electron chi connectivity index (χ4n) is 2.64. The first-order chi connectivity index (χ1) is 10.7. The maximum Gasteiger partial charge on any atom is 0.191 e. The summed E-state index contributed by atoms with van der Waals surface area (Å²) < 4.78 is 0. The van der Waals surface area contributed by atoms with Crippen molar-refractivity contribution in [1.82, 2.24) is 15.6 Å². The number of hydrogen-bond donors (Lipinski definition) is 3. The molecule has 1 saturated carbocycles. The van der Waals surface area contributed by atoms with Crippen LogP contribution in [0.2, 0.25) is 0 Å². The highest BCUT2D eigenvalue weighted by Crippen LogP contribution is 2.18. The minimum Gasteiger partial charge on any atom is -0.393 e. The maximum absolute atomic E-state index is 9.57. The third-order valence-corrected chi connectivity index (χ3v) is 4.96. The molecule has 124 valence electrons. The van der Waals surface area contributed by atoms with Gasteiger partial charge in [0.1, 0.15) is 0 Å². The van der Waals surface area contributed by atoms with Crippen LogP contribution in [0.25, 0.3) is 0 Å². The molecule has 1 fully saturated rings. The van der Waals surface area contributed by atoms with Gasteiger partial charge < -0.3 is 15.7 Å². The zero-order valence-electron chi connectivity index (χ0n) is 13.6. The van der Waals surface area contributed by atoms with Gasteiger partial charge in [0.15, 0.2) is 5.96 Å². The number of hydrogen-bond acceptors (Lipinski definition) is 4. The largest absolute Gasteiger partial charge is 0.393 e. The Kier molecular flexibility index (Phi) is 7.12. The van der Waals surface area contributed by atoms with E-state index < -0.39 is 0 Å². The molecule has 3 N–H and O–H groups in total. The van der Waals surface area contributed by atoms with E-state index in [1.54, 1.807) is 11.3 Å². The molecule has 22 heavy (non-hydrogen) atoms. The number of rotatable bonds is 6. The van der Waals surface area contributed by atoms with Crippen molar-refractivity contribution in [2.75, 3.05) is 13.1 Å². The predicted octanol–water partition coefficient (Wildman–Crippen LogP) is 2.11. The van der Waals surface area contributed by atoms with Crippen LogP contribution in [0.5, 0.6) is 0 Å². The van der Waals surface area contributed by atoms with Crippen molar-refractivity contribution in [3.63, 3.8) is 0 Å². The highest BCUT2D eigenvalue weighted by atomic mass is 32.1. The molecule has 0 amide bonds. The van der Waals surface area contributed by atoms with Crippen molar-refractivity contribution in [2.45, 2.75) is 64.5 Å². The van der Waals surface area contributed by atoms with Gasteiger partial charge in [-0.2, -0.15) is 0 Å². The Hall–Kier alpha value is -1.14. The lowest BCUT2D eigenvalue weighted by atomic mass is 9.93. The lowest BCUT2D eigenvalue weighted by molar-refractivity contribution is 0.120. The summed E-state index contributed by atoms with van der Waals surface area (Å²) in [5.74, 6) is 0.884. The average molecular weight is 324 g/mol. The third-order valence-electron chi connectivity index (χ3n) is 3.92. The van der Waals surface area contributed by atoms with Crippen LogP contribution in [0, 0.1) is 0 Å². The summed E-state index contributed by atoms with van der Waals surface area (Å²) >= 11 is 1.73. The van der Waals surface area contributed by atoms with E-state index in [4.69, 9.17) is 0 Å². The minimum atomic E-state index is -0.116. The summed E-state index contributed by atoms with van der Waals surface area (Å²) in [6.07, 6.45) is 5.57. The second-order valence-electron chi connectivity index (χ2n) is 5.75. The Morgan fingerprint density at radius 3 is 2.77 bits per heavy atom. The van der Waals surface area contributed by atoms with Crippen LogP contribution in [-0.2, 0) is 12.8 Å². The summed E-state index contributed by atoms with van der Waals surface area (Å²) in [6, 6.07) is 0.423. The van der Waals surface area contributed by atoms with Crippen molar-refractivity contribution < 1.29 is 5.11 Å². The topological polar surface area (TPSA) is 69.5 Å². The van der Waals surface area contributed by atoms with Gasteiger partial charge in [0.25, 0.3) is 0 Å². The number of aliphatic imine (C=N–C) groups is 1. The van der Waals surface area contributed by atoms with Crippen molar-refractivity contribution >= 4 is 17.3 Å². The molecule has 6 heteroatoms. The Balaban J connectivity index is 1.81. The first-order valence-electron chi connectivity index (χ1n) is 8.37. The molecule has 1 aliphatic rings. The van der Waals surface area contributed by atoms with E-state index in [2.05, 4.69) is 39.8 Å². The van der Waals surface area contributed by atoms with E-state index in [0.717, 1.165) is 63.3 Å². The fraction of sp³-hybridized carbons (Fsp3) is 0.750. The van der Waals surface area contributed by atoms with Gasteiger partial charge in [0.05, 0.1) is 16.8 Å². The van der Waals surface area contributed by atoms with Crippen LogP contribution in [0.4, 0.5) is 0 Å². The number of aromatic nitrogens is 1. The Labute approximate surface area is 137 Å². The summed E-state index contributed by atoms with van der Waals surface area (Å²) in [6.45, 7) is 5.82. The molecule has 0 bridgehead atoms. The molecule has 1 heterocycles. The van der Waals surface area contributed by atoms with Crippen LogP contribution >= 0.6 is 11.3 Å². The van der Waals surface area contributed by atoms with Crippen molar-refractivity contribution in [3.05, 3.63) is 16.1 Å². The normalized spacial score (nSPS) is 22.6. The van der Waals surface area contributed by atoms with Gasteiger partial charge in [-0.1, -0.05) is 6.92 Å². The number of thiazole rings is 1. The molecular weight excluding hydrogens is 296 g/mol. The Morgan fingerprint density at radius 1 is 1.36 bits per heavy atom. The first kappa shape index (κ1) is 17.2. The summed E-state index contributed by atoms with van der Waals surface area (Å²) in [5.41, 5.74) is 1.14. The number of nitrogens with one attached hydrogen (secondary N) is 2. The van der Waals surface area contributed by atoms with Crippen LogP contribution < -0.4 is 10.6 Å². The Morgan fingerprint density at radius 2 is 2.14 bits per heavy atom. The van der Waals surface area contributed by atoms with Crippen molar-refractivity contribution in [3.8, 4) is 0 Å². The lowest BCUT2D eigenvalue weighted by Gasteiger charge is -2.27. The van der Waals surface area contributed by atoms with Crippen molar-refractivity contribution in [2.24, 2.45) is 4.99 Å². The molecule has 0 unspecified atom stereocenters. The van der Waals surface area contributed by atoms with Gasteiger partial charge in [-0.05, 0) is 39.0 Å².